The summed E-state index contributed by atoms with van der Waals surface area (Å²) in [5, 5.41) is 3.65. The van der Waals surface area contributed by atoms with Gasteiger partial charge in [0.2, 0.25) is 11.8 Å². The van der Waals surface area contributed by atoms with Gasteiger partial charge in [0, 0.05) is 25.7 Å². The molecule has 11 heteroatoms. The van der Waals surface area contributed by atoms with Crippen molar-refractivity contribution in [2.45, 2.75) is 50.7 Å². The van der Waals surface area contributed by atoms with E-state index in [1.165, 1.54) is 17.0 Å². The molecule has 3 rings (SSSR count). The topological polar surface area (TPSA) is 86.8 Å². The molecule has 39 heavy (non-hydrogen) atoms. The third-order valence-electron chi connectivity index (χ3n) is 5.75. The van der Waals surface area contributed by atoms with E-state index in [0.29, 0.717) is 21.3 Å². The van der Waals surface area contributed by atoms with Crippen molar-refractivity contribution >= 4 is 73.3 Å². The highest BCUT2D eigenvalue weighted by Crippen LogP contribution is 2.27. The van der Waals surface area contributed by atoms with Crippen LogP contribution in [0.2, 0.25) is 10.0 Å². The number of nitrogens with zero attached hydrogens (tertiary/aromatic N) is 2. The van der Waals surface area contributed by atoms with Gasteiger partial charge in [-0.3, -0.25) is 13.9 Å². The molecule has 0 bridgehead atoms. The summed E-state index contributed by atoms with van der Waals surface area (Å²) in [5.41, 5.74) is 0.349. The molecule has 3 aromatic rings. The summed E-state index contributed by atoms with van der Waals surface area (Å²) in [5.74, 6) is -0.955. The van der Waals surface area contributed by atoms with Gasteiger partial charge in [0.15, 0.2) is 0 Å². The standard InChI is InChI=1S/C28H30Cl2IN3O4S/c1-19(27(36)32-28(2,3)4)33(17-20-10-11-21(29)16-25(20)30)26(35)18-34(23-14-12-22(31)13-15-23)39(37,38)24-8-6-5-7-9-24/h5-16,19H,17-18H2,1-4H3,(H,32,36). The van der Waals surface area contributed by atoms with E-state index < -0.39 is 34.1 Å². The van der Waals surface area contributed by atoms with Crippen LogP contribution in [0.15, 0.2) is 77.7 Å². The summed E-state index contributed by atoms with van der Waals surface area (Å²) >= 11 is 14.6. The highest BCUT2D eigenvalue weighted by molar-refractivity contribution is 14.1. The fourth-order valence-electron chi connectivity index (χ4n) is 3.75. The molecule has 0 aromatic heterocycles. The fraction of sp³-hybridized carbons (Fsp3) is 0.286. The van der Waals surface area contributed by atoms with Gasteiger partial charge in [-0.25, -0.2) is 8.42 Å². The predicted octanol–water partition coefficient (Wildman–Crippen LogP) is 6.13. The van der Waals surface area contributed by atoms with Crippen LogP contribution < -0.4 is 9.62 Å². The van der Waals surface area contributed by atoms with Crippen molar-refractivity contribution < 1.29 is 18.0 Å². The molecule has 0 spiro atoms. The molecule has 208 valence electrons. The number of halogens is 3. The minimum Gasteiger partial charge on any atom is -0.350 e. The number of anilines is 1. The number of carbonyl (C=O) groups is 2. The third-order valence-corrected chi connectivity index (χ3v) is 8.84. The molecule has 0 aliphatic heterocycles. The number of nitrogens with one attached hydrogen (secondary N) is 1. The van der Waals surface area contributed by atoms with Gasteiger partial charge in [-0.15, -0.1) is 0 Å². The Morgan fingerprint density at radius 1 is 0.974 bits per heavy atom. The maximum atomic E-state index is 13.9. The number of benzene rings is 3. The van der Waals surface area contributed by atoms with Gasteiger partial charge >= 0.3 is 0 Å². The molecular formula is C28H30Cl2IN3O4S. The van der Waals surface area contributed by atoms with E-state index in [2.05, 4.69) is 27.9 Å². The van der Waals surface area contributed by atoms with Gasteiger partial charge in [-0.2, -0.15) is 0 Å². The first-order valence-electron chi connectivity index (χ1n) is 12.1. The van der Waals surface area contributed by atoms with E-state index in [0.717, 1.165) is 7.88 Å². The number of amides is 2. The van der Waals surface area contributed by atoms with Crippen LogP contribution in [0.5, 0.6) is 0 Å². The lowest BCUT2D eigenvalue weighted by Gasteiger charge is -2.33. The zero-order chi connectivity index (χ0) is 29.0. The molecule has 0 saturated heterocycles. The van der Waals surface area contributed by atoms with E-state index in [4.69, 9.17) is 23.2 Å². The lowest BCUT2D eigenvalue weighted by atomic mass is 10.1. The first-order chi connectivity index (χ1) is 18.2. The van der Waals surface area contributed by atoms with Crippen LogP contribution in [0.4, 0.5) is 5.69 Å². The summed E-state index contributed by atoms with van der Waals surface area (Å²) in [6.07, 6.45) is 0. The fourth-order valence-corrected chi connectivity index (χ4v) is 6.01. The minimum absolute atomic E-state index is 0.0283. The Balaban J connectivity index is 2.04. The molecule has 0 saturated carbocycles. The Bertz CT molecular complexity index is 1430. The smallest absolute Gasteiger partial charge is 0.264 e. The Kier molecular flexibility index (Phi) is 10.3. The van der Waals surface area contributed by atoms with Crippen molar-refractivity contribution in [2.75, 3.05) is 10.8 Å². The second-order valence-electron chi connectivity index (χ2n) is 9.97. The molecule has 1 N–H and O–H groups in total. The summed E-state index contributed by atoms with van der Waals surface area (Å²) in [4.78, 5) is 28.5. The highest BCUT2D eigenvalue weighted by Gasteiger charge is 2.33. The number of rotatable bonds is 9. The van der Waals surface area contributed by atoms with Crippen LogP contribution in [0.3, 0.4) is 0 Å². The average Bonchev–Trinajstić information content (AvgIpc) is 2.86. The molecule has 1 unspecified atom stereocenters. The first kappa shape index (κ1) is 31.2. The monoisotopic (exact) mass is 701 g/mol. The predicted molar refractivity (Wildman–Crippen MR) is 165 cm³/mol. The third kappa shape index (κ3) is 8.33. The summed E-state index contributed by atoms with van der Waals surface area (Å²) < 4.78 is 29.5. The molecule has 3 aromatic carbocycles. The van der Waals surface area contributed by atoms with Crippen molar-refractivity contribution in [2.24, 2.45) is 0 Å². The van der Waals surface area contributed by atoms with Crippen LogP contribution in [0.1, 0.15) is 33.3 Å². The van der Waals surface area contributed by atoms with E-state index in [1.54, 1.807) is 67.6 Å². The van der Waals surface area contributed by atoms with Crippen molar-refractivity contribution in [1.29, 1.82) is 0 Å². The molecule has 1 atom stereocenters. The molecule has 0 fully saturated rings. The van der Waals surface area contributed by atoms with Crippen molar-refractivity contribution in [3.63, 3.8) is 0 Å². The Morgan fingerprint density at radius 3 is 2.15 bits per heavy atom. The highest BCUT2D eigenvalue weighted by atomic mass is 127. The second-order valence-corrected chi connectivity index (χ2v) is 13.9. The molecule has 7 nitrogen and oxygen atoms in total. The van der Waals surface area contributed by atoms with Gasteiger partial charge in [-0.05, 0) is 104 Å². The summed E-state index contributed by atoms with van der Waals surface area (Å²) in [6, 6.07) is 18.7. The zero-order valence-electron chi connectivity index (χ0n) is 22.0. The number of sulfonamides is 1. The normalized spacial score (nSPS) is 12.5. The van der Waals surface area contributed by atoms with Crippen molar-refractivity contribution in [3.8, 4) is 0 Å². The van der Waals surface area contributed by atoms with E-state index in [9.17, 15) is 18.0 Å². The maximum absolute atomic E-state index is 13.9. The van der Waals surface area contributed by atoms with Crippen LogP contribution >= 0.6 is 45.8 Å². The first-order valence-corrected chi connectivity index (χ1v) is 15.4. The van der Waals surface area contributed by atoms with E-state index in [1.807, 2.05) is 20.8 Å². The van der Waals surface area contributed by atoms with Gasteiger partial charge in [0.1, 0.15) is 12.6 Å². The Hall–Kier alpha value is -2.34. The minimum atomic E-state index is -4.12. The lowest BCUT2D eigenvalue weighted by molar-refractivity contribution is -0.140. The largest absolute Gasteiger partial charge is 0.350 e. The average molecular weight is 702 g/mol. The number of carbonyl (C=O) groups excluding carboxylic acids is 2. The SMILES string of the molecule is CC(C(=O)NC(C)(C)C)N(Cc1ccc(Cl)cc1Cl)C(=O)CN(c1ccc(I)cc1)S(=O)(=O)c1ccccc1. The van der Waals surface area contributed by atoms with Gasteiger partial charge in [-0.1, -0.05) is 47.5 Å². The zero-order valence-corrected chi connectivity index (χ0v) is 26.5. The number of hydrogen-bond donors (Lipinski definition) is 1. The van der Waals surface area contributed by atoms with Crippen LogP contribution in [0, 0.1) is 3.57 Å². The van der Waals surface area contributed by atoms with Crippen LogP contribution in [-0.2, 0) is 26.2 Å². The van der Waals surface area contributed by atoms with Crippen molar-refractivity contribution in [1.82, 2.24) is 10.2 Å². The van der Waals surface area contributed by atoms with Crippen molar-refractivity contribution in [3.05, 3.63) is 92.0 Å². The quantitative estimate of drug-likeness (QED) is 0.272. The molecule has 2 amide bonds. The van der Waals surface area contributed by atoms with Gasteiger partial charge in [0.05, 0.1) is 10.6 Å². The number of hydrogen-bond acceptors (Lipinski definition) is 4. The summed E-state index contributed by atoms with van der Waals surface area (Å²) in [6.45, 7) is 6.56. The second kappa shape index (κ2) is 12.9. The van der Waals surface area contributed by atoms with E-state index >= 15 is 0 Å². The van der Waals surface area contributed by atoms with Crippen LogP contribution in [0.25, 0.3) is 0 Å². The van der Waals surface area contributed by atoms with Gasteiger partial charge in [0.25, 0.3) is 10.0 Å². The lowest BCUT2D eigenvalue weighted by Crippen LogP contribution is -2.54. The maximum Gasteiger partial charge on any atom is 0.264 e. The Morgan fingerprint density at radius 2 is 1.59 bits per heavy atom. The molecule has 0 aliphatic rings. The summed E-state index contributed by atoms with van der Waals surface area (Å²) in [7, 11) is -4.12. The molecular weight excluding hydrogens is 672 g/mol. The van der Waals surface area contributed by atoms with E-state index in [-0.39, 0.29) is 17.3 Å². The molecule has 0 radical (unpaired) electrons. The molecule has 0 heterocycles. The molecule has 0 aliphatic carbocycles. The Labute approximate surface area is 253 Å². The van der Waals surface area contributed by atoms with Gasteiger partial charge < -0.3 is 10.2 Å². The van der Waals surface area contributed by atoms with Crippen LogP contribution in [-0.4, -0.2) is 43.3 Å².